The van der Waals surface area contributed by atoms with Crippen molar-refractivity contribution in [1.29, 1.82) is 5.26 Å². The standard InChI is InChI=1S/C14H20N2O/c1-11-9-13(5-6-14(11)17-4)7-8-16(3)12(2)10-15/h5-6,9,12H,7-8H2,1-4H3. The van der Waals surface area contributed by atoms with Gasteiger partial charge in [-0.05, 0) is 44.5 Å². The smallest absolute Gasteiger partial charge is 0.121 e. The molecule has 0 amide bonds. The molecular weight excluding hydrogens is 212 g/mol. The van der Waals surface area contributed by atoms with Crippen LogP contribution in [0.15, 0.2) is 18.2 Å². The van der Waals surface area contributed by atoms with Crippen LogP contribution in [0, 0.1) is 18.3 Å². The molecule has 17 heavy (non-hydrogen) atoms. The molecule has 0 aliphatic carbocycles. The lowest BCUT2D eigenvalue weighted by Crippen LogP contribution is -2.29. The van der Waals surface area contributed by atoms with Crippen molar-refractivity contribution in [1.82, 2.24) is 4.90 Å². The van der Waals surface area contributed by atoms with E-state index < -0.39 is 0 Å². The summed E-state index contributed by atoms with van der Waals surface area (Å²) in [6.07, 6.45) is 0.952. The van der Waals surface area contributed by atoms with Crippen molar-refractivity contribution in [3.63, 3.8) is 0 Å². The molecule has 1 rings (SSSR count). The summed E-state index contributed by atoms with van der Waals surface area (Å²) in [5.41, 5.74) is 2.43. The lowest BCUT2D eigenvalue weighted by Gasteiger charge is -2.18. The number of likely N-dealkylation sites (N-methyl/N-ethyl adjacent to an activating group) is 1. The summed E-state index contributed by atoms with van der Waals surface area (Å²) in [6.45, 7) is 4.85. The summed E-state index contributed by atoms with van der Waals surface area (Å²) in [5, 5.41) is 8.81. The quantitative estimate of drug-likeness (QED) is 0.782. The number of methoxy groups -OCH3 is 1. The molecule has 0 spiro atoms. The fourth-order valence-electron chi connectivity index (χ4n) is 1.69. The van der Waals surface area contributed by atoms with Gasteiger partial charge in [-0.25, -0.2) is 0 Å². The van der Waals surface area contributed by atoms with Crippen LogP contribution in [0.2, 0.25) is 0 Å². The number of nitriles is 1. The van der Waals surface area contributed by atoms with Crippen molar-refractivity contribution in [2.75, 3.05) is 20.7 Å². The van der Waals surface area contributed by atoms with Crippen molar-refractivity contribution >= 4 is 0 Å². The molecule has 3 heteroatoms. The molecule has 1 atom stereocenters. The van der Waals surface area contributed by atoms with E-state index in [1.165, 1.54) is 5.56 Å². The number of hydrogen-bond donors (Lipinski definition) is 0. The average Bonchev–Trinajstić information content (AvgIpc) is 2.35. The predicted octanol–water partition coefficient (Wildman–Crippen LogP) is 2.39. The van der Waals surface area contributed by atoms with Gasteiger partial charge >= 0.3 is 0 Å². The van der Waals surface area contributed by atoms with E-state index in [9.17, 15) is 0 Å². The minimum absolute atomic E-state index is 0.0330. The van der Waals surface area contributed by atoms with Gasteiger partial charge in [-0.15, -0.1) is 0 Å². The van der Waals surface area contributed by atoms with Crippen LogP contribution in [-0.4, -0.2) is 31.6 Å². The molecule has 0 bridgehead atoms. The highest BCUT2D eigenvalue weighted by molar-refractivity contribution is 5.36. The third kappa shape index (κ3) is 3.76. The molecule has 3 nitrogen and oxygen atoms in total. The van der Waals surface area contributed by atoms with E-state index in [1.807, 2.05) is 27.0 Å². The van der Waals surface area contributed by atoms with Crippen LogP contribution in [0.5, 0.6) is 5.75 Å². The number of rotatable bonds is 5. The number of benzene rings is 1. The van der Waals surface area contributed by atoms with Crippen LogP contribution in [-0.2, 0) is 6.42 Å². The van der Waals surface area contributed by atoms with E-state index in [-0.39, 0.29) is 6.04 Å². The Balaban J connectivity index is 2.59. The average molecular weight is 232 g/mol. The molecule has 0 N–H and O–H groups in total. The summed E-state index contributed by atoms with van der Waals surface area (Å²) in [7, 11) is 3.66. The summed E-state index contributed by atoms with van der Waals surface area (Å²) in [6, 6.07) is 8.42. The first-order chi connectivity index (χ1) is 8.08. The highest BCUT2D eigenvalue weighted by atomic mass is 16.5. The Bertz CT molecular complexity index is 409. The zero-order valence-electron chi connectivity index (χ0n) is 11.0. The molecule has 0 saturated carbocycles. The fourth-order valence-corrected chi connectivity index (χ4v) is 1.69. The highest BCUT2D eigenvalue weighted by Crippen LogP contribution is 2.18. The maximum atomic E-state index is 8.81. The molecular formula is C14H20N2O. The molecule has 0 aliphatic heterocycles. The van der Waals surface area contributed by atoms with Gasteiger partial charge in [0.25, 0.3) is 0 Å². The molecule has 0 heterocycles. The summed E-state index contributed by atoms with van der Waals surface area (Å²) < 4.78 is 5.23. The summed E-state index contributed by atoms with van der Waals surface area (Å²) in [4.78, 5) is 2.06. The van der Waals surface area contributed by atoms with Gasteiger partial charge in [0.15, 0.2) is 0 Å². The third-order valence-electron chi connectivity index (χ3n) is 3.06. The van der Waals surface area contributed by atoms with Gasteiger partial charge in [0.2, 0.25) is 0 Å². The van der Waals surface area contributed by atoms with E-state index in [0.717, 1.165) is 24.3 Å². The monoisotopic (exact) mass is 232 g/mol. The molecule has 0 radical (unpaired) electrons. The highest BCUT2D eigenvalue weighted by Gasteiger charge is 2.07. The van der Waals surface area contributed by atoms with E-state index in [1.54, 1.807) is 7.11 Å². The first-order valence-corrected chi connectivity index (χ1v) is 5.82. The second-order valence-corrected chi connectivity index (χ2v) is 4.34. The van der Waals surface area contributed by atoms with Crippen molar-refractivity contribution < 1.29 is 4.74 Å². The predicted molar refractivity (Wildman–Crippen MR) is 69.1 cm³/mol. The first-order valence-electron chi connectivity index (χ1n) is 5.82. The van der Waals surface area contributed by atoms with Gasteiger partial charge in [0.1, 0.15) is 5.75 Å². The number of aryl methyl sites for hydroxylation is 1. The molecule has 1 unspecified atom stereocenters. The van der Waals surface area contributed by atoms with Gasteiger partial charge in [0.05, 0.1) is 19.2 Å². The van der Waals surface area contributed by atoms with Gasteiger partial charge in [0, 0.05) is 6.54 Å². The summed E-state index contributed by atoms with van der Waals surface area (Å²) in [5.74, 6) is 0.924. The maximum absolute atomic E-state index is 8.81. The van der Waals surface area contributed by atoms with Crippen LogP contribution in [0.1, 0.15) is 18.1 Å². The second kappa shape index (κ2) is 6.27. The lowest BCUT2D eigenvalue weighted by atomic mass is 10.1. The van der Waals surface area contributed by atoms with Crippen LogP contribution in [0.25, 0.3) is 0 Å². The van der Waals surface area contributed by atoms with Crippen molar-refractivity contribution in [3.05, 3.63) is 29.3 Å². The van der Waals surface area contributed by atoms with Gasteiger partial charge < -0.3 is 4.74 Å². The van der Waals surface area contributed by atoms with Crippen LogP contribution in [0.3, 0.4) is 0 Å². The van der Waals surface area contributed by atoms with Crippen LogP contribution < -0.4 is 4.74 Å². The molecule has 1 aromatic carbocycles. The summed E-state index contributed by atoms with van der Waals surface area (Å²) >= 11 is 0. The topological polar surface area (TPSA) is 36.3 Å². The van der Waals surface area contributed by atoms with Gasteiger partial charge in [-0.2, -0.15) is 5.26 Å². The molecule has 92 valence electrons. The first kappa shape index (κ1) is 13.5. The van der Waals surface area contributed by atoms with E-state index >= 15 is 0 Å². The van der Waals surface area contributed by atoms with Crippen molar-refractivity contribution in [3.8, 4) is 11.8 Å². The Morgan fingerprint density at radius 2 is 2.18 bits per heavy atom. The van der Waals surface area contributed by atoms with Crippen molar-refractivity contribution in [2.45, 2.75) is 26.3 Å². The lowest BCUT2D eigenvalue weighted by molar-refractivity contribution is 0.306. The van der Waals surface area contributed by atoms with Crippen LogP contribution >= 0.6 is 0 Å². The largest absolute Gasteiger partial charge is 0.496 e. The molecule has 0 aliphatic rings. The Hall–Kier alpha value is -1.53. The van der Waals surface area contributed by atoms with Crippen molar-refractivity contribution in [2.24, 2.45) is 0 Å². The number of hydrogen-bond acceptors (Lipinski definition) is 3. The zero-order valence-corrected chi connectivity index (χ0v) is 11.0. The van der Waals surface area contributed by atoms with E-state index in [2.05, 4.69) is 23.1 Å². The van der Waals surface area contributed by atoms with Gasteiger partial charge in [-0.1, -0.05) is 12.1 Å². The Labute approximate surface area is 104 Å². The van der Waals surface area contributed by atoms with E-state index in [0.29, 0.717) is 0 Å². The fraction of sp³-hybridized carbons (Fsp3) is 0.500. The number of nitrogens with zero attached hydrogens (tertiary/aromatic N) is 2. The minimum atomic E-state index is -0.0330. The van der Waals surface area contributed by atoms with E-state index in [4.69, 9.17) is 10.00 Å². The minimum Gasteiger partial charge on any atom is -0.496 e. The zero-order chi connectivity index (χ0) is 12.8. The molecule has 0 aromatic heterocycles. The van der Waals surface area contributed by atoms with Gasteiger partial charge in [-0.3, -0.25) is 4.90 Å². The Morgan fingerprint density at radius 3 is 2.71 bits per heavy atom. The maximum Gasteiger partial charge on any atom is 0.121 e. The molecule has 1 aromatic rings. The molecule has 0 fully saturated rings. The number of ether oxygens (including phenoxy) is 1. The Kier molecular flexibility index (Phi) is 4.99. The third-order valence-corrected chi connectivity index (χ3v) is 3.06. The Morgan fingerprint density at radius 1 is 1.47 bits per heavy atom. The van der Waals surface area contributed by atoms with Crippen LogP contribution in [0.4, 0.5) is 0 Å². The SMILES string of the molecule is COc1ccc(CCN(C)C(C)C#N)cc1C. The normalized spacial score (nSPS) is 12.2. The molecule has 0 saturated heterocycles. The second-order valence-electron chi connectivity index (χ2n) is 4.34.